The van der Waals surface area contributed by atoms with Crippen LogP contribution in [0.25, 0.3) is 5.69 Å². The molecule has 1 atom stereocenters. The minimum Gasteiger partial charge on any atom is -0.337 e. The third-order valence-corrected chi connectivity index (χ3v) is 5.15. The number of aryl methyl sites for hydroxylation is 1. The van der Waals surface area contributed by atoms with E-state index in [1.807, 2.05) is 19.1 Å². The summed E-state index contributed by atoms with van der Waals surface area (Å²) in [6.07, 6.45) is -4.44. The molecule has 1 aromatic carbocycles. The molecule has 2 heterocycles. The van der Waals surface area contributed by atoms with Crippen LogP contribution in [-0.2, 0) is 0 Å². The number of carbonyl (C=O) groups is 1. The Kier molecular flexibility index (Phi) is 4.69. The molecular weight excluding hydrogens is 359 g/mol. The Morgan fingerprint density at radius 1 is 1.22 bits per heavy atom. The lowest BCUT2D eigenvalue weighted by Gasteiger charge is -2.44. The number of aromatic nitrogens is 2. The number of piperidine rings is 1. The monoisotopic (exact) mass is 381 g/mol. The molecular formula is C19H22F3N3O2. The highest BCUT2D eigenvalue weighted by Gasteiger charge is 2.51. The summed E-state index contributed by atoms with van der Waals surface area (Å²) in [6.45, 7) is 4.94. The van der Waals surface area contributed by atoms with Crippen LogP contribution >= 0.6 is 0 Å². The van der Waals surface area contributed by atoms with Crippen molar-refractivity contribution < 1.29 is 18.0 Å². The van der Waals surface area contributed by atoms with Crippen molar-refractivity contribution >= 4 is 5.91 Å². The molecule has 1 aliphatic rings. The topological polar surface area (TPSA) is 58.1 Å². The molecule has 1 saturated heterocycles. The minimum atomic E-state index is -4.29. The fraction of sp³-hybridized carbons (Fsp3) is 0.474. The van der Waals surface area contributed by atoms with Crippen LogP contribution in [0.3, 0.4) is 0 Å². The smallest absolute Gasteiger partial charge is 0.337 e. The van der Waals surface area contributed by atoms with Gasteiger partial charge in [-0.05, 0) is 30.9 Å². The van der Waals surface area contributed by atoms with Gasteiger partial charge in [0.1, 0.15) is 5.69 Å². The van der Waals surface area contributed by atoms with Gasteiger partial charge in [0.2, 0.25) is 0 Å². The zero-order chi connectivity index (χ0) is 20.0. The van der Waals surface area contributed by atoms with Crippen molar-refractivity contribution in [2.24, 2.45) is 11.3 Å². The molecule has 0 aliphatic carbocycles. The molecule has 27 heavy (non-hydrogen) atoms. The lowest BCUT2D eigenvalue weighted by atomic mass is 9.73. The van der Waals surface area contributed by atoms with Crippen molar-refractivity contribution in [3.63, 3.8) is 0 Å². The number of halogens is 3. The average Bonchev–Trinajstić information content (AvgIpc) is 2.94. The van der Waals surface area contributed by atoms with E-state index in [0.29, 0.717) is 5.69 Å². The summed E-state index contributed by atoms with van der Waals surface area (Å²) < 4.78 is 40.9. The van der Waals surface area contributed by atoms with E-state index in [2.05, 4.69) is 5.10 Å². The number of likely N-dealkylation sites (tertiary alicyclic amines) is 1. The molecule has 0 saturated carbocycles. The van der Waals surface area contributed by atoms with Crippen LogP contribution in [0.15, 0.2) is 35.1 Å². The first-order chi connectivity index (χ1) is 12.5. The van der Waals surface area contributed by atoms with Gasteiger partial charge >= 0.3 is 6.18 Å². The van der Waals surface area contributed by atoms with Crippen LogP contribution < -0.4 is 5.56 Å². The lowest BCUT2D eigenvalue weighted by Crippen LogP contribution is -2.52. The second kappa shape index (κ2) is 6.58. The second-order valence-corrected chi connectivity index (χ2v) is 7.78. The van der Waals surface area contributed by atoms with Crippen LogP contribution in [0.4, 0.5) is 13.2 Å². The van der Waals surface area contributed by atoms with Gasteiger partial charge in [0, 0.05) is 19.2 Å². The standard InChI is InChI=1S/C19H22F3N3O2/c1-12-4-6-13(7-5-12)25-16(26)10-14(23-25)17(27)24-9-8-15(19(20,21)22)18(2,3)11-24/h4-7,10,15,23H,8-9,11H2,1-3H3/t15-/m1/s1. The van der Waals surface area contributed by atoms with Crippen molar-refractivity contribution in [2.45, 2.75) is 33.4 Å². The molecule has 2 aromatic rings. The van der Waals surface area contributed by atoms with Crippen LogP contribution in [0.5, 0.6) is 0 Å². The van der Waals surface area contributed by atoms with Gasteiger partial charge in [-0.2, -0.15) is 13.2 Å². The van der Waals surface area contributed by atoms with Crippen molar-refractivity contribution in [2.75, 3.05) is 13.1 Å². The fourth-order valence-electron chi connectivity index (χ4n) is 3.70. The second-order valence-electron chi connectivity index (χ2n) is 7.78. The van der Waals surface area contributed by atoms with Gasteiger partial charge in [-0.15, -0.1) is 0 Å². The molecule has 1 N–H and O–H groups in total. The third kappa shape index (κ3) is 3.79. The number of rotatable bonds is 2. The number of nitrogens with one attached hydrogen (secondary N) is 1. The maximum atomic E-state index is 13.2. The molecule has 1 aliphatic heterocycles. The number of hydrogen-bond donors (Lipinski definition) is 1. The molecule has 1 aromatic heterocycles. The van der Waals surface area contributed by atoms with E-state index in [9.17, 15) is 22.8 Å². The Balaban J connectivity index is 1.82. The van der Waals surface area contributed by atoms with Gasteiger partial charge in [-0.1, -0.05) is 31.5 Å². The van der Waals surface area contributed by atoms with Crippen LogP contribution in [0.1, 0.15) is 36.3 Å². The van der Waals surface area contributed by atoms with E-state index in [-0.39, 0.29) is 25.2 Å². The summed E-state index contributed by atoms with van der Waals surface area (Å²) in [4.78, 5) is 26.4. The summed E-state index contributed by atoms with van der Waals surface area (Å²) in [7, 11) is 0. The molecule has 0 bridgehead atoms. The predicted octanol–water partition coefficient (Wildman–Crippen LogP) is 3.52. The first-order valence-electron chi connectivity index (χ1n) is 8.74. The molecule has 0 spiro atoms. The number of hydrogen-bond acceptors (Lipinski definition) is 2. The van der Waals surface area contributed by atoms with Crippen molar-refractivity contribution in [1.29, 1.82) is 0 Å². The average molecular weight is 381 g/mol. The first kappa shape index (κ1) is 19.3. The minimum absolute atomic E-state index is 0.00415. The van der Waals surface area contributed by atoms with Gasteiger partial charge in [0.05, 0.1) is 11.6 Å². The normalized spacial score (nSPS) is 19.9. The van der Waals surface area contributed by atoms with Crippen molar-refractivity contribution in [1.82, 2.24) is 14.7 Å². The molecule has 1 amide bonds. The SMILES string of the molecule is Cc1ccc(-n2[nH]c(C(=O)N3CC[C@@H](C(F)(F)F)C(C)(C)C3)cc2=O)cc1. The van der Waals surface area contributed by atoms with E-state index in [1.165, 1.54) is 29.5 Å². The maximum absolute atomic E-state index is 13.2. The highest BCUT2D eigenvalue weighted by molar-refractivity contribution is 5.92. The van der Waals surface area contributed by atoms with Gasteiger partial charge in [-0.3, -0.25) is 14.7 Å². The number of aromatic amines is 1. The number of H-pyrrole nitrogens is 1. The Bertz CT molecular complexity index is 894. The Hall–Kier alpha value is -2.51. The Labute approximate surface area is 154 Å². The number of alkyl halides is 3. The highest BCUT2D eigenvalue weighted by atomic mass is 19.4. The number of carbonyl (C=O) groups excluding carboxylic acids is 1. The molecule has 0 radical (unpaired) electrons. The van der Waals surface area contributed by atoms with E-state index >= 15 is 0 Å². The summed E-state index contributed by atoms with van der Waals surface area (Å²) in [5, 5.41) is 2.77. The van der Waals surface area contributed by atoms with Crippen LogP contribution in [-0.4, -0.2) is 39.9 Å². The molecule has 1 fully saturated rings. The molecule has 146 valence electrons. The molecule has 8 heteroatoms. The maximum Gasteiger partial charge on any atom is 0.392 e. The van der Waals surface area contributed by atoms with E-state index in [1.54, 1.807) is 12.1 Å². The van der Waals surface area contributed by atoms with Gasteiger partial charge in [0.25, 0.3) is 11.5 Å². The van der Waals surface area contributed by atoms with Crippen molar-refractivity contribution in [3.05, 3.63) is 51.9 Å². The van der Waals surface area contributed by atoms with E-state index < -0.39 is 29.0 Å². The lowest BCUT2D eigenvalue weighted by molar-refractivity contribution is -0.214. The van der Waals surface area contributed by atoms with Crippen molar-refractivity contribution in [3.8, 4) is 5.69 Å². The molecule has 0 unspecified atom stereocenters. The van der Waals surface area contributed by atoms with E-state index in [0.717, 1.165) is 5.56 Å². The Morgan fingerprint density at radius 2 is 1.85 bits per heavy atom. The number of nitrogens with zero attached hydrogens (tertiary/aromatic N) is 2. The summed E-state index contributed by atoms with van der Waals surface area (Å²) in [6, 6.07) is 8.37. The van der Waals surface area contributed by atoms with Gasteiger partial charge < -0.3 is 4.90 Å². The zero-order valence-corrected chi connectivity index (χ0v) is 15.4. The number of benzene rings is 1. The van der Waals surface area contributed by atoms with Crippen LogP contribution in [0, 0.1) is 18.3 Å². The van der Waals surface area contributed by atoms with Gasteiger partial charge in [0.15, 0.2) is 0 Å². The summed E-state index contributed by atoms with van der Waals surface area (Å²) in [5.74, 6) is -1.92. The largest absolute Gasteiger partial charge is 0.392 e. The summed E-state index contributed by atoms with van der Waals surface area (Å²) in [5.41, 5.74) is 0.199. The molecule has 3 rings (SSSR count). The number of amides is 1. The predicted molar refractivity (Wildman–Crippen MR) is 95.0 cm³/mol. The fourth-order valence-corrected chi connectivity index (χ4v) is 3.70. The van der Waals surface area contributed by atoms with E-state index in [4.69, 9.17) is 0 Å². The Morgan fingerprint density at radius 3 is 2.41 bits per heavy atom. The molecule has 5 nitrogen and oxygen atoms in total. The third-order valence-electron chi connectivity index (χ3n) is 5.15. The van der Waals surface area contributed by atoms with Gasteiger partial charge in [-0.25, -0.2) is 4.68 Å². The summed E-state index contributed by atoms with van der Waals surface area (Å²) >= 11 is 0. The zero-order valence-electron chi connectivity index (χ0n) is 15.4. The van der Waals surface area contributed by atoms with Crippen LogP contribution in [0.2, 0.25) is 0 Å². The first-order valence-corrected chi connectivity index (χ1v) is 8.74. The quantitative estimate of drug-likeness (QED) is 0.865. The highest BCUT2D eigenvalue weighted by Crippen LogP contribution is 2.45.